The van der Waals surface area contributed by atoms with Gasteiger partial charge >= 0.3 is 12.3 Å². The van der Waals surface area contributed by atoms with Gasteiger partial charge in [0.05, 0.1) is 0 Å². The molecule has 6 nitrogen and oxygen atoms in total. The molecule has 0 aromatic carbocycles. The Balaban J connectivity index is 1.71. The second-order valence-corrected chi connectivity index (χ2v) is 6.68. The second kappa shape index (κ2) is 5.78. The van der Waals surface area contributed by atoms with Crippen LogP contribution in [0.15, 0.2) is 6.07 Å². The van der Waals surface area contributed by atoms with Crippen LogP contribution < -0.4 is 4.90 Å². The van der Waals surface area contributed by atoms with E-state index in [4.69, 9.17) is 5.11 Å². The Morgan fingerprint density at radius 2 is 1.83 bits per heavy atom. The fraction of sp³-hybridized carbons (Fsp3) is 0.667. The zero-order chi connectivity index (χ0) is 17.5. The third-order valence-corrected chi connectivity index (χ3v) is 5.08. The zero-order valence-electron chi connectivity index (χ0n) is 13.3. The highest BCUT2D eigenvalue weighted by Gasteiger charge is 2.42. The highest BCUT2D eigenvalue weighted by atomic mass is 19.4. The normalized spacial score (nSPS) is 20.7. The molecule has 0 saturated carbocycles. The maximum absolute atomic E-state index is 12.7. The molecule has 0 aliphatic carbocycles. The second-order valence-electron chi connectivity index (χ2n) is 6.68. The Kier molecular flexibility index (Phi) is 4.05. The van der Waals surface area contributed by atoms with Gasteiger partial charge in [-0.1, -0.05) is 0 Å². The van der Waals surface area contributed by atoms with Crippen LogP contribution in [-0.4, -0.2) is 52.5 Å². The SMILES string of the molecule is Cc1cc(C(F)(F)F)nnc1N1CCC2(CCN(C(=O)O)CC2)C1. The summed E-state index contributed by atoms with van der Waals surface area (Å²) in [7, 11) is 0. The maximum atomic E-state index is 12.7. The number of nitrogens with zero attached hydrogens (tertiary/aromatic N) is 4. The van der Waals surface area contributed by atoms with E-state index in [-0.39, 0.29) is 5.41 Å². The summed E-state index contributed by atoms with van der Waals surface area (Å²) in [6.45, 7) is 3.99. The van der Waals surface area contributed by atoms with E-state index < -0.39 is 18.0 Å². The van der Waals surface area contributed by atoms with Gasteiger partial charge in [-0.25, -0.2) is 4.79 Å². The number of hydrogen-bond acceptors (Lipinski definition) is 4. The summed E-state index contributed by atoms with van der Waals surface area (Å²) >= 11 is 0. The minimum Gasteiger partial charge on any atom is -0.465 e. The van der Waals surface area contributed by atoms with Gasteiger partial charge in [0, 0.05) is 26.2 Å². The van der Waals surface area contributed by atoms with Crippen molar-refractivity contribution in [3.8, 4) is 0 Å². The Hall–Kier alpha value is -2.06. The van der Waals surface area contributed by atoms with Gasteiger partial charge in [-0.2, -0.15) is 13.2 Å². The van der Waals surface area contributed by atoms with E-state index in [2.05, 4.69) is 10.2 Å². The average molecular weight is 344 g/mol. The third kappa shape index (κ3) is 3.11. The molecule has 24 heavy (non-hydrogen) atoms. The van der Waals surface area contributed by atoms with Gasteiger partial charge < -0.3 is 14.9 Å². The topological polar surface area (TPSA) is 69.6 Å². The number of carboxylic acid groups (broad SMARTS) is 1. The number of aromatic nitrogens is 2. The minimum absolute atomic E-state index is 0.0166. The maximum Gasteiger partial charge on any atom is 0.435 e. The summed E-state index contributed by atoms with van der Waals surface area (Å²) < 4.78 is 38.1. The van der Waals surface area contributed by atoms with Crippen LogP contribution in [0.4, 0.5) is 23.8 Å². The molecule has 0 unspecified atom stereocenters. The molecule has 1 amide bonds. The fourth-order valence-electron chi connectivity index (χ4n) is 3.63. The molecule has 1 aromatic rings. The molecule has 1 N–H and O–H groups in total. The van der Waals surface area contributed by atoms with Crippen LogP contribution in [0.1, 0.15) is 30.5 Å². The van der Waals surface area contributed by atoms with E-state index in [1.165, 1.54) is 4.90 Å². The lowest BCUT2D eigenvalue weighted by atomic mass is 9.78. The first kappa shape index (κ1) is 16.8. The van der Waals surface area contributed by atoms with Crippen molar-refractivity contribution < 1.29 is 23.1 Å². The summed E-state index contributed by atoms with van der Waals surface area (Å²) in [6, 6.07) is 1.03. The Bertz CT molecular complexity index is 642. The quantitative estimate of drug-likeness (QED) is 0.848. The molecule has 0 bridgehead atoms. The van der Waals surface area contributed by atoms with Crippen molar-refractivity contribution in [1.29, 1.82) is 0 Å². The summed E-state index contributed by atoms with van der Waals surface area (Å²) in [5.41, 5.74) is -0.507. The smallest absolute Gasteiger partial charge is 0.435 e. The van der Waals surface area contributed by atoms with Crippen LogP contribution in [-0.2, 0) is 6.18 Å². The number of halogens is 3. The summed E-state index contributed by atoms with van der Waals surface area (Å²) in [5, 5.41) is 16.2. The molecule has 3 rings (SSSR count). The van der Waals surface area contributed by atoms with E-state index in [9.17, 15) is 18.0 Å². The van der Waals surface area contributed by atoms with Gasteiger partial charge in [-0.05, 0) is 43.2 Å². The number of piperidine rings is 1. The van der Waals surface area contributed by atoms with E-state index in [0.29, 0.717) is 37.6 Å². The first-order valence-electron chi connectivity index (χ1n) is 7.85. The van der Waals surface area contributed by atoms with Crippen molar-refractivity contribution in [2.24, 2.45) is 5.41 Å². The molecule has 2 aliphatic rings. The number of rotatable bonds is 1. The van der Waals surface area contributed by atoms with Crippen LogP contribution >= 0.6 is 0 Å². The molecule has 1 aromatic heterocycles. The van der Waals surface area contributed by atoms with Gasteiger partial charge in [-0.15, -0.1) is 10.2 Å². The number of hydrogen-bond donors (Lipinski definition) is 1. The molecule has 3 heterocycles. The summed E-state index contributed by atoms with van der Waals surface area (Å²) in [4.78, 5) is 14.4. The number of carbonyl (C=O) groups is 1. The molecule has 0 radical (unpaired) electrons. The first-order valence-corrected chi connectivity index (χ1v) is 7.85. The Labute approximate surface area is 137 Å². The van der Waals surface area contributed by atoms with Gasteiger partial charge in [-0.3, -0.25) is 0 Å². The van der Waals surface area contributed by atoms with Crippen molar-refractivity contribution in [2.75, 3.05) is 31.1 Å². The van der Waals surface area contributed by atoms with E-state index >= 15 is 0 Å². The Morgan fingerprint density at radius 1 is 1.21 bits per heavy atom. The molecular weight excluding hydrogens is 325 g/mol. The Morgan fingerprint density at radius 3 is 2.38 bits per heavy atom. The van der Waals surface area contributed by atoms with E-state index in [1.807, 2.05) is 4.90 Å². The molecule has 9 heteroatoms. The number of aryl methyl sites for hydroxylation is 1. The molecular formula is C15H19F3N4O2. The number of amides is 1. The van der Waals surface area contributed by atoms with Crippen molar-refractivity contribution in [3.63, 3.8) is 0 Å². The zero-order valence-corrected chi connectivity index (χ0v) is 13.3. The minimum atomic E-state index is -4.49. The predicted molar refractivity (Wildman–Crippen MR) is 79.9 cm³/mol. The van der Waals surface area contributed by atoms with Crippen molar-refractivity contribution in [1.82, 2.24) is 15.1 Å². The van der Waals surface area contributed by atoms with Crippen LogP contribution in [0.5, 0.6) is 0 Å². The van der Waals surface area contributed by atoms with Gasteiger partial charge in [0.1, 0.15) is 0 Å². The standard InChI is InChI=1S/C15H19F3N4O2/c1-10-8-11(15(16,17)18)19-20-12(10)22-7-4-14(9-22)2-5-21(6-3-14)13(23)24/h8H,2-7,9H2,1H3,(H,23,24). The van der Waals surface area contributed by atoms with Gasteiger partial charge in [0.25, 0.3) is 0 Å². The lowest BCUT2D eigenvalue weighted by Crippen LogP contribution is -2.43. The predicted octanol–water partition coefficient (Wildman–Crippen LogP) is 2.77. The van der Waals surface area contributed by atoms with Crippen LogP contribution in [0, 0.1) is 12.3 Å². The molecule has 0 atom stereocenters. The average Bonchev–Trinajstić information content (AvgIpc) is 2.90. The molecule has 1 spiro atoms. The largest absolute Gasteiger partial charge is 0.465 e. The highest BCUT2D eigenvalue weighted by Crippen LogP contribution is 2.42. The number of likely N-dealkylation sites (tertiary alicyclic amines) is 1. The fourth-order valence-corrected chi connectivity index (χ4v) is 3.63. The molecule has 132 valence electrons. The van der Waals surface area contributed by atoms with E-state index in [1.54, 1.807) is 6.92 Å². The molecule has 2 fully saturated rings. The number of alkyl halides is 3. The van der Waals surface area contributed by atoms with E-state index in [0.717, 1.165) is 25.3 Å². The molecule has 2 aliphatic heterocycles. The highest BCUT2D eigenvalue weighted by molar-refractivity contribution is 5.65. The van der Waals surface area contributed by atoms with Crippen LogP contribution in [0.2, 0.25) is 0 Å². The van der Waals surface area contributed by atoms with Gasteiger partial charge in [0.2, 0.25) is 0 Å². The molecule has 2 saturated heterocycles. The van der Waals surface area contributed by atoms with Crippen molar-refractivity contribution >= 4 is 11.9 Å². The summed E-state index contributed by atoms with van der Waals surface area (Å²) in [5.74, 6) is 0.487. The van der Waals surface area contributed by atoms with Crippen molar-refractivity contribution in [2.45, 2.75) is 32.4 Å². The summed E-state index contributed by atoms with van der Waals surface area (Å²) in [6.07, 6.45) is -2.97. The van der Waals surface area contributed by atoms with Crippen LogP contribution in [0.3, 0.4) is 0 Å². The first-order chi connectivity index (χ1) is 11.2. The number of anilines is 1. The van der Waals surface area contributed by atoms with Crippen LogP contribution in [0.25, 0.3) is 0 Å². The third-order valence-electron chi connectivity index (χ3n) is 5.08. The van der Waals surface area contributed by atoms with Crippen molar-refractivity contribution in [3.05, 3.63) is 17.3 Å². The van der Waals surface area contributed by atoms with Gasteiger partial charge in [0.15, 0.2) is 11.5 Å². The lowest BCUT2D eigenvalue weighted by Gasteiger charge is -2.38. The lowest BCUT2D eigenvalue weighted by molar-refractivity contribution is -0.141. The monoisotopic (exact) mass is 344 g/mol.